The number of likely N-dealkylation sites (tertiary alicyclic amines) is 1. The van der Waals surface area contributed by atoms with Crippen molar-refractivity contribution in [2.24, 2.45) is 24.8 Å². The molecule has 1 amide bonds. The second kappa shape index (κ2) is 10.3. The van der Waals surface area contributed by atoms with Crippen LogP contribution in [0.4, 0.5) is 0 Å². The lowest BCUT2D eigenvalue weighted by molar-refractivity contribution is 0.0696. The number of hydrogen-bond acceptors (Lipinski definition) is 6. The molecule has 2 bridgehead atoms. The number of rotatable bonds is 7. The monoisotopic (exact) mass is 617 g/mol. The lowest BCUT2D eigenvalue weighted by Gasteiger charge is -2.27. The van der Waals surface area contributed by atoms with E-state index in [1.807, 2.05) is 31.3 Å². The van der Waals surface area contributed by atoms with Gasteiger partial charge in [-0.2, -0.15) is 0 Å². The molecule has 9 nitrogen and oxygen atoms in total. The van der Waals surface area contributed by atoms with Crippen LogP contribution in [0.1, 0.15) is 48.5 Å². The van der Waals surface area contributed by atoms with Gasteiger partial charge in [-0.15, -0.1) is 0 Å². The Labute approximate surface area is 267 Å². The first-order chi connectivity index (χ1) is 22.4. The summed E-state index contributed by atoms with van der Waals surface area (Å²) >= 11 is 0. The highest BCUT2D eigenvalue weighted by Crippen LogP contribution is 2.44. The van der Waals surface area contributed by atoms with Crippen molar-refractivity contribution >= 4 is 28.0 Å². The number of benzene rings is 2. The van der Waals surface area contributed by atoms with E-state index in [4.69, 9.17) is 19.4 Å². The van der Waals surface area contributed by atoms with E-state index >= 15 is 0 Å². The summed E-state index contributed by atoms with van der Waals surface area (Å²) in [5, 5.41) is 10.6. The van der Waals surface area contributed by atoms with Crippen LogP contribution in [0.15, 0.2) is 48.5 Å². The molecule has 1 saturated heterocycles. The predicted octanol–water partition coefficient (Wildman–Crippen LogP) is 5.84. The topological polar surface area (TPSA) is 94.6 Å². The SMILES string of the molecule is COc1cc(C(=O)N2CC3CCC2[C@@H]3C)cc2nc(-c3cc4ccc(-c5ccc6c(c5)CC(CO)O6)nc4n3CC3CC3)n(C)c12. The summed E-state index contributed by atoms with van der Waals surface area (Å²) in [5.74, 6) is 4.21. The highest BCUT2D eigenvalue weighted by Gasteiger charge is 2.46. The fourth-order valence-corrected chi connectivity index (χ4v) is 8.33. The second-order valence-corrected chi connectivity index (χ2v) is 13.9. The average molecular weight is 618 g/mol. The molecule has 3 fully saturated rings. The van der Waals surface area contributed by atoms with Gasteiger partial charge in [0, 0.05) is 49.1 Å². The van der Waals surface area contributed by atoms with E-state index < -0.39 is 0 Å². The number of nitrogens with zero attached hydrogens (tertiary/aromatic N) is 5. The van der Waals surface area contributed by atoms with Crippen molar-refractivity contribution in [3.05, 3.63) is 59.7 Å². The minimum Gasteiger partial charge on any atom is -0.494 e. The number of hydrogen-bond donors (Lipinski definition) is 1. The summed E-state index contributed by atoms with van der Waals surface area (Å²) in [4.78, 5) is 26.3. The van der Waals surface area contributed by atoms with E-state index in [-0.39, 0.29) is 18.6 Å². The molecule has 46 heavy (non-hydrogen) atoms. The summed E-state index contributed by atoms with van der Waals surface area (Å²) in [7, 11) is 3.69. The normalized spacial score (nSPS) is 23.4. The van der Waals surface area contributed by atoms with E-state index in [2.05, 4.69) is 45.2 Å². The Hall–Kier alpha value is -4.37. The number of aliphatic hydroxyl groups excluding tert-OH is 1. The van der Waals surface area contributed by atoms with Gasteiger partial charge < -0.3 is 28.6 Å². The number of pyridine rings is 1. The van der Waals surface area contributed by atoms with Crippen LogP contribution >= 0.6 is 0 Å². The predicted molar refractivity (Wildman–Crippen MR) is 176 cm³/mol. The number of piperidine rings is 1. The van der Waals surface area contributed by atoms with Gasteiger partial charge in [-0.25, -0.2) is 9.97 Å². The van der Waals surface area contributed by atoms with Crippen molar-refractivity contribution in [1.82, 2.24) is 24.0 Å². The lowest BCUT2D eigenvalue weighted by atomic mass is 10.0. The van der Waals surface area contributed by atoms with E-state index in [0.717, 1.165) is 75.7 Å². The first-order valence-electron chi connectivity index (χ1n) is 16.7. The summed E-state index contributed by atoms with van der Waals surface area (Å²) in [6, 6.07) is 16.8. The van der Waals surface area contributed by atoms with Gasteiger partial charge in [0.25, 0.3) is 5.91 Å². The Morgan fingerprint density at radius 3 is 2.67 bits per heavy atom. The van der Waals surface area contributed by atoms with Crippen LogP contribution in [0.25, 0.3) is 44.8 Å². The quantitative estimate of drug-likeness (QED) is 0.247. The molecule has 9 heteroatoms. The van der Waals surface area contributed by atoms with E-state index in [1.54, 1.807) is 7.11 Å². The number of carbonyl (C=O) groups excluding carboxylic acids is 1. The number of ether oxygens (including phenoxy) is 2. The third-order valence-corrected chi connectivity index (χ3v) is 11.1. The molecule has 4 atom stereocenters. The average Bonchev–Trinajstić information content (AvgIpc) is 3.33. The van der Waals surface area contributed by atoms with Gasteiger partial charge in [-0.3, -0.25) is 4.79 Å². The molecule has 9 rings (SSSR count). The number of imidazole rings is 1. The van der Waals surface area contributed by atoms with Gasteiger partial charge in [0.05, 0.1) is 30.6 Å². The van der Waals surface area contributed by atoms with Gasteiger partial charge in [-0.05, 0) is 97.5 Å². The third-order valence-electron chi connectivity index (χ3n) is 11.1. The Morgan fingerprint density at radius 2 is 1.93 bits per heavy atom. The summed E-state index contributed by atoms with van der Waals surface area (Å²) in [6.07, 6.45) is 5.27. The maximum absolute atomic E-state index is 13.8. The Balaban J connectivity index is 1.13. The number of aromatic nitrogens is 4. The van der Waals surface area contributed by atoms with Gasteiger partial charge >= 0.3 is 0 Å². The number of carbonyl (C=O) groups is 1. The number of amides is 1. The minimum absolute atomic E-state index is 0.00990. The zero-order valence-electron chi connectivity index (χ0n) is 26.6. The zero-order chi connectivity index (χ0) is 31.3. The highest BCUT2D eigenvalue weighted by molar-refractivity contribution is 6.00. The number of fused-ring (bicyclic) bond motifs is 5. The van der Waals surface area contributed by atoms with Crippen LogP contribution in [0.3, 0.4) is 0 Å². The number of aryl methyl sites for hydroxylation is 1. The molecule has 236 valence electrons. The number of aliphatic hydroxyl groups is 1. The molecule has 2 aliphatic carbocycles. The van der Waals surface area contributed by atoms with Crippen molar-refractivity contribution in [3.63, 3.8) is 0 Å². The lowest BCUT2D eigenvalue weighted by Crippen LogP contribution is -2.38. The minimum atomic E-state index is -0.181. The molecule has 1 N–H and O–H groups in total. The molecule has 2 aliphatic heterocycles. The largest absolute Gasteiger partial charge is 0.494 e. The van der Waals surface area contributed by atoms with Crippen LogP contribution in [-0.2, 0) is 20.0 Å². The maximum Gasteiger partial charge on any atom is 0.254 e. The molecule has 3 aromatic heterocycles. The van der Waals surface area contributed by atoms with Crippen LogP contribution in [-0.4, -0.2) is 67.4 Å². The van der Waals surface area contributed by atoms with Gasteiger partial charge in [-0.1, -0.05) is 6.92 Å². The van der Waals surface area contributed by atoms with Crippen molar-refractivity contribution in [1.29, 1.82) is 0 Å². The Morgan fingerprint density at radius 1 is 1.07 bits per heavy atom. The zero-order valence-corrected chi connectivity index (χ0v) is 26.6. The van der Waals surface area contributed by atoms with Crippen molar-refractivity contribution in [2.45, 2.75) is 57.7 Å². The second-order valence-electron chi connectivity index (χ2n) is 13.9. The molecular formula is C37H39N5O4. The molecular weight excluding hydrogens is 578 g/mol. The summed E-state index contributed by atoms with van der Waals surface area (Å²) in [5.41, 5.74) is 7.28. The molecule has 2 saturated carbocycles. The molecule has 2 aromatic carbocycles. The van der Waals surface area contributed by atoms with Crippen molar-refractivity contribution < 1.29 is 19.4 Å². The smallest absolute Gasteiger partial charge is 0.254 e. The molecule has 5 aromatic rings. The van der Waals surface area contributed by atoms with E-state index in [9.17, 15) is 9.90 Å². The van der Waals surface area contributed by atoms with Crippen LogP contribution in [0.2, 0.25) is 0 Å². The third kappa shape index (κ3) is 4.27. The summed E-state index contributed by atoms with van der Waals surface area (Å²) < 4.78 is 16.2. The van der Waals surface area contributed by atoms with Crippen molar-refractivity contribution in [2.75, 3.05) is 20.3 Å². The fourth-order valence-electron chi connectivity index (χ4n) is 8.33. The van der Waals surface area contributed by atoms with Crippen LogP contribution in [0, 0.1) is 17.8 Å². The van der Waals surface area contributed by atoms with Gasteiger partial charge in [0.1, 0.15) is 28.8 Å². The van der Waals surface area contributed by atoms with Gasteiger partial charge in [0.2, 0.25) is 0 Å². The first-order valence-corrected chi connectivity index (χ1v) is 16.7. The number of methoxy groups -OCH3 is 1. The Kier molecular flexibility index (Phi) is 6.26. The van der Waals surface area contributed by atoms with Crippen LogP contribution in [0.5, 0.6) is 11.5 Å². The molecule has 5 heterocycles. The maximum atomic E-state index is 13.8. The Bertz CT molecular complexity index is 2040. The molecule has 0 radical (unpaired) electrons. The summed E-state index contributed by atoms with van der Waals surface area (Å²) in [6.45, 7) is 4.02. The van der Waals surface area contributed by atoms with E-state index in [1.165, 1.54) is 19.3 Å². The van der Waals surface area contributed by atoms with Gasteiger partial charge in [0.15, 0.2) is 5.82 Å². The molecule has 0 spiro atoms. The highest BCUT2D eigenvalue weighted by atomic mass is 16.5. The first kappa shape index (κ1) is 27.9. The standard InChI is InChI=1S/C37H39N5O4/c1-20-24-7-10-30(20)42(18-24)37(44)26-14-29-34(33(16-26)45-3)40(2)36(39-29)31-15-23-6-9-28(38-35(23)41(31)17-21-4-5-21)22-8-11-32-25(12-22)13-27(19-43)46-32/h6,8-9,11-12,14-16,20-21,24,27,30,43H,4-5,7,10,13,17-19H2,1-3H3/t20-,24?,27?,30?/m1/s1. The molecule has 4 aliphatic rings. The van der Waals surface area contributed by atoms with Crippen LogP contribution < -0.4 is 9.47 Å². The van der Waals surface area contributed by atoms with Crippen molar-refractivity contribution in [3.8, 4) is 34.3 Å². The fraction of sp³-hybridized carbons (Fsp3) is 0.432. The molecule has 3 unspecified atom stereocenters. The van der Waals surface area contributed by atoms with E-state index in [0.29, 0.717) is 41.5 Å².